The maximum Gasteiger partial charge on any atom is 0.127 e. The summed E-state index contributed by atoms with van der Waals surface area (Å²) in [6.45, 7) is 1.54. The molecule has 0 radical (unpaired) electrons. The van der Waals surface area contributed by atoms with Crippen molar-refractivity contribution in [3.05, 3.63) is 58.7 Å². The molecule has 2 aromatic rings. The normalized spacial score (nSPS) is 10.8. The van der Waals surface area contributed by atoms with Crippen LogP contribution in [0.3, 0.4) is 0 Å². The van der Waals surface area contributed by atoms with Crippen LogP contribution in [0, 0.1) is 0 Å². The zero-order valence-electron chi connectivity index (χ0n) is 10.3. The van der Waals surface area contributed by atoms with Gasteiger partial charge in [-0.2, -0.15) is 0 Å². The van der Waals surface area contributed by atoms with Crippen LogP contribution in [0.25, 0.3) is 0 Å². The summed E-state index contributed by atoms with van der Waals surface area (Å²) < 4.78 is 0. The van der Waals surface area contributed by atoms with Crippen molar-refractivity contribution < 1.29 is 0 Å². The summed E-state index contributed by atoms with van der Waals surface area (Å²) in [6, 6.07) is 11.8. The first-order valence-corrected chi connectivity index (χ1v) is 6.16. The minimum Gasteiger partial charge on any atom is -0.383 e. The monoisotopic (exact) mass is 261 g/mol. The van der Waals surface area contributed by atoms with E-state index in [0.29, 0.717) is 5.82 Å². The van der Waals surface area contributed by atoms with Crippen LogP contribution in [0.2, 0.25) is 5.02 Å². The van der Waals surface area contributed by atoms with Crippen molar-refractivity contribution >= 4 is 17.4 Å². The Morgan fingerprint density at radius 2 is 1.78 bits per heavy atom. The SMILES string of the molecule is CN(Cc1ccccc1Cl)Cc1cccnc1N. The van der Waals surface area contributed by atoms with Gasteiger partial charge in [0.2, 0.25) is 0 Å². The molecule has 0 saturated heterocycles. The van der Waals surface area contributed by atoms with Crippen LogP contribution >= 0.6 is 11.6 Å². The molecular formula is C14H16ClN3. The third kappa shape index (κ3) is 3.22. The number of nitrogen functional groups attached to an aromatic ring is 1. The molecule has 18 heavy (non-hydrogen) atoms. The second-order valence-electron chi connectivity index (χ2n) is 4.31. The van der Waals surface area contributed by atoms with Crippen molar-refractivity contribution in [1.29, 1.82) is 0 Å². The van der Waals surface area contributed by atoms with E-state index in [2.05, 4.69) is 9.88 Å². The molecule has 0 spiro atoms. The number of aromatic nitrogens is 1. The van der Waals surface area contributed by atoms with Crippen LogP contribution in [-0.2, 0) is 13.1 Å². The van der Waals surface area contributed by atoms with Gasteiger partial charge in [-0.05, 0) is 24.7 Å². The molecule has 2 N–H and O–H groups in total. The van der Waals surface area contributed by atoms with Gasteiger partial charge in [0.15, 0.2) is 0 Å². The lowest BCUT2D eigenvalue weighted by Gasteiger charge is -2.18. The highest BCUT2D eigenvalue weighted by atomic mass is 35.5. The number of hydrogen-bond donors (Lipinski definition) is 1. The van der Waals surface area contributed by atoms with Crippen LogP contribution in [0.5, 0.6) is 0 Å². The molecule has 0 amide bonds. The van der Waals surface area contributed by atoms with E-state index in [1.54, 1.807) is 6.20 Å². The molecular weight excluding hydrogens is 246 g/mol. The summed E-state index contributed by atoms with van der Waals surface area (Å²) in [4.78, 5) is 6.24. The molecule has 0 aliphatic rings. The fourth-order valence-electron chi connectivity index (χ4n) is 1.85. The topological polar surface area (TPSA) is 42.2 Å². The van der Waals surface area contributed by atoms with E-state index in [9.17, 15) is 0 Å². The first-order chi connectivity index (χ1) is 8.66. The van der Waals surface area contributed by atoms with Crippen molar-refractivity contribution in [3.63, 3.8) is 0 Å². The average Bonchev–Trinajstić information content (AvgIpc) is 2.35. The van der Waals surface area contributed by atoms with Gasteiger partial charge in [0.05, 0.1) is 0 Å². The lowest BCUT2D eigenvalue weighted by molar-refractivity contribution is 0.319. The van der Waals surface area contributed by atoms with Gasteiger partial charge in [0.25, 0.3) is 0 Å². The van der Waals surface area contributed by atoms with Crippen molar-refractivity contribution in [1.82, 2.24) is 9.88 Å². The molecule has 0 unspecified atom stereocenters. The number of halogens is 1. The summed E-state index contributed by atoms with van der Waals surface area (Å²) in [6.07, 6.45) is 1.70. The van der Waals surface area contributed by atoms with E-state index in [1.165, 1.54) is 0 Å². The lowest BCUT2D eigenvalue weighted by atomic mass is 10.2. The van der Waals surface area contributed by atoms with Crippen molar-refractivity contribution in [2.45, 2.75) is 13.1 Å². The van der Waals surface area contributed by atoms with Gasteiger partial charge in [-0.25, -0.2) is 4.98 Å². The van der Waals surface area contributed by atoms with E-state index in [1.807, 2.05) is 43.4 Å². The Labute approximate surface area is 112 Å². The third-order valence-corrected chi connectivity index (χ3v) is 3.13. The van der Waals surface area contributed by atoms with Gasteiger partial charge in [-0.15, -0.1) is 0 Å². The molecule has 0 aliphatic heterocycles. The van der Waals surface area contributed by atoms with E-state index in [0.717, 1.165) is 29.2 Å². The van der Waals surface area contributed by atoms with Gasteiger partial charge in [-0.1, -0.05) is 35.9 Å². The number of anilines is 1. The van der Waals surface area contributed by atoms with E-state index in [-0.39, 0.29) is 0 Å². The highest BCUT2D eigenvalue weighted by Crippen LogP contribution is 2.18. The summed E-state index contributed by atoms with van der Waals surface area (Å²) in [5.74, 6) is 0.587. The molecule has 0 aliphatic carbocycles. The van der Waals surface area contributed by atoms with Crippen LogP contribution in [0.4, 0.5) is 5.82 Å². The van der Waals surface area contributed by atoms with Crippen molar-refractivity contribution in [2.75, 3.05) is 12.8 Å². The number of benzene rings is 1. The molecule has 3 nitrogen and oxygen atoms in total. The lowest BCUT2D eigenvalue weighted by Crippen LogP contribution is -2.18. The summed E-state index contributed by atoms with van der Waals surface area (Å²) >= 11 is 6.14. The van der Waals surface area contributed by atoms with Crippen LogP contribution in [0.1, 0.15) is 11.1 Å². The maximum atomic E-state index is 6.14. The number of nitrogens with two attached hydrogens (primary N) is 1. The molecule has 1 aromatic carbocycles. The van der Waals surface area contributed by atoms with E-state index >= 15 is 0 Å². The zero-order chi connectivity index (χ0) is 13.0. The average molecular weight is 262 g/mol. The Morgan fingerprint density at radius 1 is 1.11 bits per heavy atom. The molecule has 4 heteroatoms. The summed E-state index contributed by atoms with van der Waals surface area (Å²) in [5, 5.41) is 0.795. The van der Waals surface area contributed by atoms with Gasteiger partial charge in [-0.3, -0.25) is 4.90 Å². The minimum absolute atomic E-state index is 0.587. The maximum absolute atomic E-state index is 6.14. The Kier molecular flexibility index (Phi) is 4.18. The second-order valence-corrected chi connectivity index (χ2v) is 4.72. The molecule has 0 fully saturated rings. The highest BCUT2D eigenvalue weighted by molar-refractivity contribution is 6.31. The van der Waals surface area contributed by atoms with Crippen LogP contribution in [-0.4, -0.2) is 16.9 Å². The van der Waals surface area contributed by atoms with Crippen molar-refractivity contribution in [3.8, 4) is 0 Å². The van der Waals surface area contributed by atoms with E-state index < -0.39 is 0 Å². The van der Waals surface area contributed by atoms with Gasteiger partial charge >= 0.3 is 0 Å². The first-order valence-electron chi connectivity index (χ1n) is 5.78. The standard InChI is InChI=1S/C14H16ClN3/c1-18(9-11-5-2-3-7-13(11)15)10-12-6-4-8-17-14(12)16/h2-8H,9-10H2,1H3,(H2,16,17). The van der Waals surface area contributed by atoms with Gasteiger partial charge in [0, 0.05) is 29.9 Å². The molecule has 0 atom stereocenters. The van der Waals surface area contributed by atoms with E-state index in [4.69, 9.17) is 17.3 Å². The van der Waals surface area contributed by atoms with Crippen LogP contribution < -0.4 is 5.73 Å². The molecule has 94 valence electrons. The minimum atomic E-state index is 0.587. The smallest absolute Gasteiger partial charge is 0.127 e. The van der Waals surface area contributed by atoms with Crippen molar-refractivity contribution in [2.24, 2.45) is 0 Å². The molecule has 1 aromatic heterocycles. The number of nitrogens with zero attached hydrogens (tertiary/aromatic N) is 2. The Morgan fingerprint density at radius 3 is 2.50 bits per heavy atom. The number of hydrogen-bond acceptors (Lipinski definition) is 3. The quantitative estimate of drug-likeness (QED) is 0.920. The third-order valence-electron chi connectivity index (χ3n) is 2.76. The first kappa shape index (κ1) is 12.9. The van der Waals surface area contributed by atoms with Gasteiger partial charge < -0.3 is 5.73 Å². The fourth-order valence-corrected chi connectivity index (χ4v) is 2.04. The Balaban J connectivity index is 2.04. The van der Waals surface area contributed by atoms with Gasteiger partial charge in [0.1, 0.15) is 5.82 Å². The largest absolute Gasteiger partial charge is 0.383 e. The molecule has 0 saturated carbocycles. The fraction of sp³-hybridized carbons (Fsp3) is 0.214. The predicted octanol–water partition coefficient (Wildman–Crippen LogP) is 2.95. The number of rotatable bonds is 4. The highest BCUT2D eigenvalue weighted by Gasteiger charge is 2.06. The predicted molar refractivity (Wildman–Crippen MR) is 75.3 cm³/mol. The molecule has 0 bridgehead atoms. The Bertz CT molecular complexity index is 480. The summed E-state index contributed by atoms with van der Waals surface area (Å²) in [7, 11) is 2.04. The zero-order valence-corrected chi connectivity index (χ0v) is 11.1. The number of pyridine rings is 1. The second kappa shape index (κ2) is 5.85. The molecule has 2 rings (SSSR count). The summed E-state index contributed by atoms with van der Waals surface area (Å²) in [5.41, 5.74) is 7.98. The Hall–Kier alpha value is -1.58. The molecule has 1 heterocycles. The van der Waals surface area contributed by atoms with Crippen LogP contribution in [0.15, 0.2) is 42.6 Å².